The molecule has 6 nitrogen and oxygen atoms in total. The van der Waals surface area contributed by atoms with Crippen LogP contribution < -0.4 is 5.32 Å². The molecule has 27 heavy (non-hydrogen) atoms. The molecule has 7 heteroatoms. The molecule has 0 aromatic heterocycles. The lowest BCUT2D eigenvalue weighted by atomic mass is 9.85. The lowest BCUT2D eigenvalue weighted by molar-refractivity contribution is -0.146. The van der Waals surface area contributed by atoms with Gasteiger partial charge in [-0.25, -0.2) is 8.42 Å². The maximum atomic E-state index is 12.9. The minimum atomic E-state index is -3.10. The average molecular weight is 395 g/mol. The van der Waals surface area contributed by atoms with Crippen LogP contribution in [0.2, 0.25) is 0 Å². The van der Waals surface area contributed by atoms with Crippen molar-refractivity contribution in [1.82, 2.24) is 4.90 Å². The summed E-state index contributed by atoms with van der Waals surface area (Å²) in [5, 5.41) is 2.90. The Morgan fingerprint density at radius 2 is 1.70 bits per heavy atom. The number of amides is 2. The number of benzene rings is 1. The van der Waals surface area contributed by atoms with E-state index in [1.807, 2.05) is 24.3 Å². The summed E-state index contributed by atoms with van der Waals surface area (Å²) in [6, 6.07) is 7.17. The summed E-state index contributed by atoms with van der Waals surface area (Å²) in [5.74, 6) is -0.743. The van der Waals surface area contributed by atoms with Gasteiger partial charge in [-0.15, -0.1) is 0 Å². The molecule has 1 aliphatic rings. The third kappa shape index (κ3) is 4.69. The van der Waals surface area contributed by atoms with E-state index in [9.17, 15) is 18.0 Å². The fraction of sp³-hybridized carbons (Fsp3) is 0.600. The van der Waals surface area contributed by atoms with Crippen LogP contribution in [-0.2, 0) is 24.8 Å². The zero-order valence-electron chi connectivity index (χ0n) is 17.0. The summed E-state index contributed by atoms with van der Waals surface area (Å²) in [7, 11) is -1.53. The molecule has 150 valence electrons. The van der Waals surface area contributed by atoms with Gasteiger partial charge in [0.2, 0.25) is 11.8 Å². The van der Waals surface area contributed by atoms with Crippen LogP contribution in [0.25, 0.3) is 0 Å². The number of nitrogens with one attached hydrogen (secondary N) is 1. The zero-order chi connectivity index (χ0) is 20.6. The molecule has 0 radical (unpaired) electrons. The van der Waals surface area contributed by atoms with Gasteiger partial charge in [-0.2, -0.15) is 0 Å². The normalized spacial score (nSPS) is 19.6. The first-order valence-electron chi connectivity index (χ1n) is 9.14. The monoisotopic (exact) mass is 394 g/mol. The van der Waals surface area contributed by atoms with Gasteiger partial charge in [0.15, 0.2) is 9.84 Å². The van der Waals surface area contributed by atoms with E-state index in [4.69, 9.17) is 0 Å². The highest BCUT2D eigenvalue weighted by Gasteiger charge is 2.42. The van der Waals surface area contributed by atoms with E-state index in [1.54, 1.807) is 20.9 Å². The highest BCUT2D eigenvalue weighted by Crippen LogP contribution is 2.31. The number of hydrogen-bond acceptors (Lipinski definition) is 4. The van der Waals surface area contributed by atoms with Crippen LogP contribution in [0.4, 0.5) is 5.69 Å². The lowest BCUT2D eigenvalue weighted by Crippen LogP contribution is -2.49. The number of sulfone groups is 1. The topological polar surface area (TPSA) is 83.6 Å². The molecule has 1 aromatic rings. The molecule has 0 spiro atoms. The molecule has 1 saturated heterocycles. The molecular formula is C20H30N2O4S. The summed E-state index contributed by atoms with van der Waals surface area (Å²) in [4.78, 5) is 27.3. The maximum Gasteiger partial charge on any atom is 0.239 e. The Hall–Kier alpha value is -1.89. The molecular weight excluding hydrogens is 364 g/mol. The fourth-order valence-corrected chi connectivity index (χ4v) is 5.08. The first-order valence-corrected chi connectivity index (χ1v) is 11.0. The van der Waals surface area contributed by atoms with E-state index < -0.39 is 21.2 Å². The zero-order valence-corrected chi connectivity index (χ0v) is 17.8. The Labute approximate surface area is 162 Å². The van der Waals surface area contributed by atoms with Crippen molar-refractivity contribution in [3.05, 3.63) is 29.8 Å². The summed E-state index contributed by atoms with van der Waals surface area (Å²) in [6.45, 7) is 9.32. The van der Waals surface area contributed by atoms with Gasteiger partial charge >= 0.3 is 0 Å². The van der Waals surface area contributed by atoms with E-state index in [1.165, 1.54) is 4.90 Å². The molecule has 0 bridgehead atoms. The Balaban J connectivity index is 2.19. The first kappa shape index (κ1) is 21.4. The van der Waals surface area contributed by atoms with Crippen molar-refractivity contribution in [2.45, 2.75) is 52.5 Å². The second-order valence-electron chi connectivity index (χ2n) is 8.85. The predicted octanol–water partition coefficient (Wildman–Crippen LogP) is 2.59. The highest BCUT2D eigenvalue weighted by atomic mass is 32.2. The number of anilines is 1. The second-order valence-corrected chi connectivity index (χ2v) is 11.1. The summed E-state index contributed by atoms with van der Waals surface area (Å²) in [6.07, 6.45) is 0.412. The largest absolute Gasteiger partial charge is 0.341 e. The molecule has 1 aliphatic heterocycles. The van der Waals surface area contributed by atoms with Crippen LogP contribution in [-0.4, -0.2) is 49.7 Å². The van der Waals surface area contributed by atoms with E-state index in [2.05, 4.69) is 26.1 Å². The SMILES string of the molecule is CN(C(=O)C(C)(C)C(=O)Nc1ccccc1C(C)(C)C)C1CCS(=O)(=O)C1. The minimum absolute atomic E-state index is 0.0419. The first-order chi connectivity index (χ1) is 12.3. The molecule has 1 atom stereocenters. The van der Waals surface area contributed by atoms with Crippen molar-refractivity contribution in [2.24, 2.45) is 5.41 Å². The molecule has 1 unspecified atom stereocenters. The lowest BCUT2D eigenvalue weighted by Gasteiger charge is -2.32. The molecule has 1 aromatic carbocycles. The van der Waals surface area contributed by atoms with Crippen LogP contribution in [0.3, 0.4) is 0 Å². The Morgan fingerprint density at radius 3 is 2.22 bits per heavy atom. The molecule has 1 fully saturated rings. The van der Waals surface area contributed by atoms with Crippen molar-refractivity contribution in [3.8, 4) is 0 Å². The fourth-order valence-electron chi connectivity index (χ4n) is 3.31. The minimum Gasteiger partial charge on any atom is -0.341 e. The van der Waals surface area contributed by atoms with Crippen molar-refractivity contribution in [3.63, 3.8) is 0 Å². The van der Waals surface area contributed by atoms with Crippen LogP contribution in [0.15, 0.2) is 24.3 Å². The van der Waals surface area contributed by atoms with E-state index in [0.29, 0.717) is 12.1 Å². The number of carbonyl (C=O) groups excluding carboxylic acids is 2. The van der Waals surface area contributed by atoms with Gasteiger partial charge < -0.3 is 10.2 Å². The van der Waals surface area contributed by atoms with Gasteiger partial charge in [0.25, 0.3) is 0 Å². The van der Waals surface area contributed by atoms with E-state index in [0.717, 1.165) is 5.56 Å². The molecule has 2 rings (SSSR count). The molecule has 2 amide bonds. The van der Waals surface area contributed by atoms with Crippen LogP contribution in [0.1, 0.15) is 46.6 Å². The maximum absolute atomic E-state index is 12.9. The number of rotatable bonds is 4. The molecule has 1 heterocycles. The Morgan fingerprint density at radius 1 is 1.11 bits per heavy atom. The number of nitrogens with zero attached hydrogens (tertiary/aromatic N) is 1. The van der Waals surface area contributed by atoms with Gasteiger partial charge in [0.05, 0.1) is 11.5 Å². The standard InChI is InChI=1S/C20H30N2O4S/c1-19(2,3)15-9-7-8-10-16(15)21-17(23)20(4,5)18(24)22(6)14-11-12-27(25,26)13-14/h7-10,14H,11-13H2,1-6H3,(H,21,23). The van der Waals surface area contributed by atoms with E-state index in [-0.39, 0.29) is 28.9 Å². The van der Waals surface area contributed by atoms with Gasteiger partial charge in [0.1, 0.15) is 5.41 Å². The second kappa shape index (κ2) is 7.26. The number of hydrogen-bond donors (Lipinski definition) is 1. The summed E-state index contributed by atoms with van der Waals surface area (Å²) < 4.78 is 23.4. The van der Waals surface area contributed by atoms with Crippen LogP contribution in [0.5, 0.6) is 0 Å². The van der Waals surface area contributed by atoms with Gasteiger partial charge in [-0.3, -0.25) is 9.59 Å². The quantitative estimate of drug-likeness (QED) is 0.796. The molecule has 1 N–H and O–H groups in total. The smallest absolute Gasteiger partial charge is 0.239 e. The number of para-hydroxylation sites is 1. The third-order valence-corrected chi connectivity index (χ3v) is 6.91. The average Bonchev–Trinajstić information content (AvgIpc) is 2.92. The van der Waals surface area contributed by atoms with Crippen LogP contribution >= 0.6 is 0 Å². The number of carbonyl (C=O) groups is 2. The van der Waals surface area contributed by atoms with Crippen molar-refractivity contribution < 1.29 is 18.0 Å². The van der Waals surface area contributed by atoms with Gasteiger partial charge in [-0.05, 0) is 37.3 Å². The molecule has 0 saturated carbocycles. The predicted molar refractivity (Wildman–Crippen MR) is 107 cm³/mol. The Kier molecular flexibility index (Phi) is 5.76. The molecule has 0 aliphatic carbocycles. The van der Waals surface area contributed by atoms with Gasteiger partial charge in [0, 0.05) is 18.8 Å². The van der Waals surface area contributed by atoms with E-state index >= 15 is 0 Å². The third-order valence-electron chi connectivity index (χ3n) is 5.16. The van der Waals surface area contributed by atoms with Crippen molar-refractivity contribution >= 4 is 27.3 Å². The van der Waals surface area contributed by atoms with Crippen molar-refractivity contribution in [1.29, 1.82) is 0 Å². The van der Waals surface area contributed by atoms with Crippen molar-refractivity contribution in [2.75, 3.05) is 23.9 Å². The highest BCUT2D eigenvalue weighted by molar-refractivity contribution is 7.91. The van der Waals surface area contributed by atoms with Crippen LogP contribution in [0, 0.1) is 5.41 Å². The summed E-state index contributed by atoms with van der Waals surface area (Å²) in [5.41, 5.74) is 0.192. The van der Waals surface area contributed by atoms with Gasteiger partial charge in [-0.1, -0.05) is 39.0 Å². The summed E-state index contributed by atoms with van der Waals surface area (Å²) >= 11 is 0. The Bertz CT molecular complexity index is 838.